The summed E-state index contributed by atoms with van der Waals surface area (Å²) in [4.78, 5) is 23.3. The van der Waals surface area contributed by atoms with Crippen LogP contribution in [0.25, 0.3) is 11.4 Å². The molecular weight excluding hydrogens is 282 g/mol. The third kappa shape index (κ3) is 2.94. The molecule has 0 amide bonds. The van der Waals surface area contributed by atoms with E-state index in [4.69, 9.17) is 17.3 Å². The number of carbonyl (C=O) groups is 1. The quantitative estimate of drug-likeness (QED) is 0.824. The van der Waals surface area contributed by atoms with Gasteiger partial charge in [0.25, 0.3) is 0 Å². The van der Waals surface area contributed by atoms with E-state index in [2.05, 4.69) is 15.0 Å². The van der Waals surface area contributed by atoms with Crippen molar-refractivity contribution in [1.29, 1.82) is 0 Å². The van der Waals surface area contributed by atoms with E-state index in [1.54, 1.807) is 26.2 Å². The number of halogens is 1. The lowest BCUT2D eigenvalue weighted by Crippen LogP contribution is -2.24. The van der Waals surface area contributed by atoms with E-state index in [1.807, 2.05) is 0 Å². The van der Waals surface area contributed by atoms with E-state index in [9.17, 15) is 9.90 Å². The lowest BCUT2D eigenvalue weighted by atomic mass is 10.2. The summed E-state index contributed by atoms with van der Waals surface area (Å²) in [6, 6.07) is -0.190. The van der Waals surface area contributed by atoms with Gasteiger partial charge in [-0.15, -0.1) is 0 Å². The van der Waals surface area contributed by atoms with Crippen LogP contribution in [0, 0.1) is 6.92 Å². The van der Waals surface area contributed by atoms with Gasteiger partial charge in [0.05, 0.1) is 5.69 Å². The van der Waals surface area contributed by atoms with Crippen molar-refractivity contribution in [2.45, 2.75) is 26.4 Å². The number of carboxylic acid groups (broad SMARTS) is 1. The van der Waals surface area contributed by atoms with Gasteiger partial charge in [-0.2, -0.15) is 0 Å². The van der Waals surface area contributed by atoms with Crippen LogP contribution in [0.5, 0.6) is 0 Å². The van der Waals surface area contributed by atoms with Crippen LogP contribution >= 0.6 is 11.6 Å². The number of carboxylic acids is 1. The van der Waals surface area contributed by atoms with Crippen LogP contribution in [0.4, 0.5) is 0 Å². The lowest BCUT2D eigenvalue weighted by Gasteiger charge is -2.07. The Morgan fingerprint density at radius 1 is 1.55 bits per heavy atom. The van der Waals surface area contributed by atoms with Crippen LogP contribution in [0.1, 0.15) is 23.1 Å². The summed E-state index contributed by atoms with van der Waals surface area (Å²) in [5.74, 6) is -1.19. The van der Waals surface area contributed by atoms with Crippen LogP contribution in [-0.4, -0.2) is 36.6 Å². The molecule has 20 heavy (non-hydrogen) atoms. The van der Waals surface area contributed by atoms with Crippen molar-refractivity contribution in [2.24, 2.45) is 5.73 Å². The second-order valence-electron chi connectivity index (χ2n) is 4.56. The molecule has 106 valence electrons. The zero-order valence-electron chi connectivity index (χ0n) is 11.0. The Kier molecular flexibility index (Phi) is 4.01. The van der Waals surface area contributed by atoms with Gasteiger partial charge in [0.2, 0.25) is 11.1 Å². The molecule has 0 aromatic carbocycles. The normalized spacial score (nSPS) is 12.4. The number of nitrogens with zero attached hydrogens (tertiary/aromatic N) is 4. The molecule has 1 atom stereocenters. The zero-order valence-corrected chi connectivity index (χ0v) is 11.8. The van der Waals surface area contributed by atoms with Gasteiger partial charge in [0.15, 0.2) is 0 Å². The first kappa shape index (κ1) is 14.4. The van der Waals surface area contributed by atoms with Crippen LogP contribution in [-0.2, 0) is 6.54 Å². The third-order valence-electron chi connectivity index (χ3n) is 2.64. The smallest absolute Gasteiger partial charge is 0.372 e. The van der Waals surface area contributed by atoms with Gasteiger partial charge in [-0.05, 0) is 31.0 Å². The Bertz CT molecular complexity index is 653. The molecule has 2 heterocycles. The Hall–Kier alpha value is -1.99. The third-order valence-corrected chi connectivity index (χ3v) is 2.82. The molecule has 0 saturated carbocycles. The molecule has 2 rings (SSSR count). The van der Waals surface area contributed by atoms with Crippen molar-refractivity contribution in [3.8, 4) is 11.4 Å². The average Bonchev–Trinajstić information content (AvgIpc) is 2.75. The summed E-state index contributed by atoms with van der Waals surface area (Å²) in [6.45, 7) is 3.95. The number of nitrogens with two attached hydrogens (primary N) is 1. The van der Waals surface area contributed by atoms with Crippen LogP contribution in [0.2, 0.25) is 5.28 Å². The highest BCUT2D eigenvalue weighted by molar-refractivity contribution is 6.28. The minimum Gasteiger partial charge on any atom is -0.475 e. The number of hydrogen-bond donors (Lipinski definition) is 2. The molecule has 1 unspecified atom stereocenters. The topological polar surface area (TPSA) is 107 Å². The van der Waals surface area contributed by atoms with Crippen LogP contribution in [0.15, 0.2) is 12.4 Å². The molecule has 0 spiro atoms. The van der Waals surface area contributed by atoms with E-state index in [0.29, 0.717) is 17.9 Å². The number of hydrogen-bond acceptors (Lipinski definition) is 5. The number of aromatic nitrogens is 4. The van der Waals surface area contributed by atoms with E-state index < -0.39 is 5.97 Å². The predicted molar refractivity (Wildman–Crippen MR) is 73.6 cm³/mol. The van der Waals surface area contributed by atoms with Crippen LogP contribution in [0.3, 0.4) is 0 Å². The summed E-state index contributed by atoms with van der Waals surface area (Å²) in [7, 11) is 0. The van der Waals surface area contributed by atoms with Gasteiger partial charge in [-0.3, -0.25) is 0 Å². The maximum atomic E-state index is 11.2. The van der Waals surface area contributed by atoms with Gasteiger partial charge in [0.1, 0.15) is 5.69 Å². The second-order valence-corrected chi connectivity index (χ2v) is 4.89. The minimum absolute atomic E-state index is 0.0774. The van der Waals surface area contributed by atoms with E-state index in [1.165, 1.54) is 4.57 Å². The zero-order chi connectivity index (χ0) is 14.9. The van der Waals surface area contributed by atoms with Crippen molar-refractivity contribution in [2.75, 3.05) is 0 Å². The summed E-state index contributed by atoms with van der Waals surface area (Å²) < 4.78 is 1.50. The Labute approximate surface area is 120 Å². The molecule has 0 aliphatic carbocycles. The fourth-order valence-electron chi connectivity index (χ4n) is 1.83. The lowest BCUT2D eigenvalue weighted by molar-refractivity contribution is 0.0678. The molecule has 0 saturated heterocycles. The fraction of sp³-hybridized carbons (Fsp3) is 0.333. The van der Waals surface area contributed by atoms with E-state index in [-0.39, 0.29) is 17.1 Å². The Morgan fingerprint density at radius 2 is 2.25 bits per heavy atom. The maximum Gasteiger partial charge on any atom is 0.372 e. The van der Waals surface area contributed by atoms with Gasteiger partial charge in [0, 0.05) is 25.0 Å². The van der Waals surface area contributed by atoms with Gasteiger partial charge >= 0.3 is 5.97 Å². The number of aryl methyl sites for hydroxylation is 1. The van der Waals surface area contributed by atoms with Crippen molar-refractivity contribution in [3.63, 3.8) is 0 Å². The van der Waals surface area contributed by atoms with Crippen molar-refractivity contribution in [1.82, 2.24) is 19.5 Å². The maximum absolute atomic E-state index is 11.2. The molecule has 0 radical (unpaired) electrons. The molecular formula is C12H14ClN5O2. The molecule has 7 nitrogen and oxygen atoms in total. The largest absolute Gasteiger partial charge is 0.475 e. The molecule has 0 bridgehead atoms. The van der Waals surface area contributed by atoms with Gasteiger partial charge in [-0.1, -0.05) is 0 Å². The first-order chi connectivity index (χ1) is 9.38. The number of rotatable bonds is 4. The van der Waals surface area contributed by atoms with Crippen molar-refractivity contribution < 1.29 is 9.90 Å². The van der Waals surface area contributed by atoms with Crippen molar-refractivity contribution in [3.05, 3.63) is 29.1 Å². The number of aromatic carboxylic acids is 1. The molecule has 0 fully saturated rings. The molecule has 2 aromatic rings. The Balaban J connectivity index is 2.52. The molecule has 8 heteroatoms. The minimum atomic E-state index is -1.12. The summed E-state index contributed by atoms with van der Waals surface area (Å²) in [5.41, 5.74) is 7.41. The second kappa shape index (κ2) is 5.56. The first-order valence-electron chi connectivity index (χ1n) is 5.94. The highest BCUT2D eigenvalue weighted by Crippen LogP contribution is 2.21. The predicted octanol–water partition coefficient (Wildman–Crippen LogP) is 1.35. The average molecular weight is 296 g/mol. The van der Waals surface area contributed by atoms with Gasteiger partial charge < -0.3 is 15.4 Å². The first-order valence-corrected chi connectivity index (χ1v) is 6.32. The van der Waals surface area contributed by atoms with Gasteiger partial charge in [-0.25, -0.2) is 19.7 Å². The monoisotopic (exact) mass is 295 g/mol. The molecule has 3 N–H and O–H groups in total. The van der Waals surface area contributed by atoms with Crippen molar-refractivity contribution >= 4 is 17.6 Å². The fourth-order valence-corrected chi connectivity index (χ4v) is 1.96. The highest BCUT2D eigenvalue weighted by Gasteiger charge is 2.18. The van der Waals surface area contributed by atoms with E-state index >= 15 is 0 Å². The SMILES string of the molecule is Cc1cnc(Cl)nc1-c1cn(CC(C)N)c(C(=O)O)n1. The summed E-state index contributed by atoms with van der Waals surface area (Å²) in [6.07, 6.45) is 3.17. The molecule has 0 aliphatic heterocycles. The van der Waals surface area contributed by atoms with E-state index in [0.717, 1.165) is 5.56 Å². The molecule has 0 aliphatic rings. The Morgan fingerprint density at radius 3 is 2.85 bits per heavy atom. The summed E-state index contributed by atoms with van der Waals surface area (Å²) in [5, 5.41) is 9.27. The number of imidazole rings is 1. The van der Waals surface area contributed by atoms with Crippen LogP contribution < -0.4 is 5.73 Å². The summed E-state index contributed by atoms with van der Waals surface area (Å²) >= 11 is 5.77. The molecule has 2 aromatic heterocycles. The highest BCUT2D eigenvalue weighted by atomic mass is 35.5. The standard InChI is InChI=1S/C12H14ClN5O2/c1-6-3-15-12(13)17-9(6)8-5-18(4-7(2)14)10(16-8)11(19)20/h3,5,7H,4,14H2,1-2H3,(H,19,20).